The molecule has 3 nitrogen and oxygen atoms in total. The van der Waals surface area contributed by atoms with Crippen molar-refractivity contribution in [2.24, 2.45) is 5.73 Å². The number of pyridine rings is 1. The van der Waals surface area contributed by atoms with Gasteiger partial charge in [0.25, 0.3) is 0 Å². The van der Waals surface area contributed by atoms with Crippen LogP contribution in [0.2, 0.25) is 0 Å². The third-order valence-electron chi connectivity index (χ3n) is 1.72. The van der Waals surface area contributed by atoms with Crippen LogP contribution in [0.1, 0.15) is 23.0 Å². The number of nitrogens with zero attached hydrogens (tertiary/aromatic N) is 1. The van der Waals surface area contributed by atoms with E-state index in [-0.39, 0.29) is 37.1 Å². The van der Waals surface area contributed by atoms with Crippen LogP contribution in [-0.4, -0.2) is 17.3 Å². The Kier molecular flexibility index (Phi) is 8.74. The van der Waals surface area contributed by atoms with Crippen molar-refractivity contribution < 1.29 is 4.79 Å². The molecule has 1 aromatic heterocycles. The molecule has 0 aliphatic rings. The molecule has 0 fully saturated rings. The van der Waals surface area contributed by atoms with Gasteiger partial charge in [-0.05, 0) is 18.1 Å². The normalized spacial score (nSPS) is 8.43. The third kappa shape index (κ3) is 3.62. The van der Waals surface area contributed by atoms with Crippen molar-refractivity contribution in [3.8, 4) is 0 Å². The third-order valence-corrected chi connectivity index (χ3v) is 1.72. The van der Waals surface area contributed by atoms with E-state index in [9.17, 15) is 4.79 Å². The van der Waals surface area contributed by atoms with Crippen molar-refractivity contribution >= 4 is 30.6 Å². The zero-order valence-corrected chi connectivity index (χ0v) is 9.53. The summed E-state index contributed by atoms with van der Waals surface area (Å²) in [6.07, 6.45) is 2.43. The van der Waals surface area contributed by atoms with Crippen LogP contribution in [0.5, 0.6) is 0 Å². The van der Waals surface area contributed by atoms with Crippen LogP contribution in [0.25, 0.3) is 0 Å². The predicted molar refractivity (Wildman–Crippen MR) is 61.5 cm³/mol. The van der Waals surface area contributed by atoms with Gasteiger partial charge in [0, 0.05) is 6.20 Å². The number of hydrogen-bond donors (Lipinski definition) is 1. The molecule has 0 bridgehead atoms. The number of ketones is 1. The molecule has 0 atom stereocenters. The molecule has 0 radical (unpaired) electrons. The van der Waals surface area contributed by atoms with E-state index in [0.29, 0.717) is 5.69 Å². The maximum Gasteiger partial charge on any atom is 0.194 e. The van der Waals surface area contributed by atoms with E-state index in [1.165, 1.54) is 0 Å². The van der Waals surface area contributed by atoms with Crippen molar-refractivity contribution in [2.45, 2.75) is 13.3 Å². The summed E-state index contributed by atoms with van der Waals surface area (Å²) in [5, 5.41) is 0. The Labute approximate surface area is 95.9 Å². The first-order valence-corrected chi connectivity index (χ1v) is 3.96. The van der Waals surface area contributed by atoms with E-state index in [1.807, 2.05) is 19.1 Å². The molecule has 0 unspecified atom stereocenters. The summed E-state index contributed by atoms with van der Waals surface area (Å²) < 4.78 is 0. The summed E-state index contributed by atoms with van der Waals surface area (Å²) in [7, 11) is 0. The molecule has 1 heterocycles. The van der Waals surface area contributed by atoms with E-state index in [4.69, 9.17) is 5.73 Å². The molecule has 2 N–H and O–H groups in total. The lowest BCUT2D eigenvalue weighted by atomic mass is 10.1. The Bertz CT molecular complexity index is 292. The molecular weight excluding hydrogens is 223 g/mol. The quantitative estimate of drug-likeness (QED) is 0.813. The Morgan fingerprint density at radius 1 is 1.50 bits per heavy atom. The molecule has 80 valence electrons. The summed E-state index contributed by atoms with van der Waals surface area (Å²) in [6, 6.07) is 3.72. The highest BCUT2D eigenvalue weighted by Gasteiger charge is 2.08. The molecule has 1 rings (SSSR count). The number of nitrogens with two attached hydrogens (primary N) is 1. The molecule has 0 spiro atoms. The van der Waals surface area contributed by atoms with Crippen LogP contribution in [0.4, 0.5) is 0 Å². The SMILES string of the molecule is CCc1cccnc1C(=O)CN.Cl.Cl. The summed E-state index contributed by atoms with van der Waals surface area (Å²) in [5.74, 6) is -0.0903. The Morgan fingerprint density at radius 3 is 2.64 bits per heavy atom. The summed E-state index contributed by atoms with van der Waals surface area (Å²) >= 11 is 0. The molecule has 0 saturated carbocycles. The number of carbonyl (C=O) groups excluding carboxylic acids is 1. The van der Waals surface area contributed by atoms with Crippen molar-refractivity contribution in [3.05, 3.63) is 29.6 Å². The smallest absolute Gasteiger partial charge is 0.194 e. The van der Waals surface area contributed by atoms with E-state index < -0.39 is 0 Å². The fourth-order valence-corrected chi connectivity index (χ4v) is 1.07. The minimum atomic E-state index is -0.0903. The van der Waals surface area contributed by atoms with Crippen LogP contribution in [0, 0.1) is 0 Å². The highest BCUT2D eigenvalue weighted by atomic mass is 35.5. The number of halogens is 2. The fraction of sp³-hybridized carbons (Fsp3) is 0.333. The van der Waals surface area contributed by atoms with E-state index in [2.05, 4.69) is 4.98 Å². The van der Waals surface area contributed by atoms with Crippen molar-refractivity contribution in [2.75, 3.05) is 6.54 Å². The standard InChI is InChI=1S/C9H12N2O.2ClH/c1-2-7-4-3-5-11-9(7)8(12)6-10;;/h3-5H,2,6,10H2,1H3;2*1H. The summed E-state index contributed by atoms with van der Waals surface area (Å²) in [5.41, 5.74) is 6.72. The Balaban J connectivity index is 0. The second kappa shape index (κ2) is 7.74. The first-order valence-electron chi connectivity index (χ1n) is 3.96. The zero-order valence-electron chi connectivity index (χ0n) is 7.90. The van der Waals surface area contributed by atoms with E-state index in [1.54, 1.807) is 6.20 Å². The minimum Gasteiger partial charge on any atom is -0.324 e. The number of carbonyl (C=O) groups is 1. The van der Waals surface area contributed by atoms with Crippen LogP contribution in [0.15, 0.2) is 18.3 Å². The topological polar surface area (TPSA) is 56.0 Å². The maximum absolute atomic E-state index is 11.2. The largest absolute Gasteiger partial charge is 0.324 e. The Hall–Kier alpha value is -0.640. The van der Waals surface area contributed by atoms with Crippen molar-refractivity contribution in [1.82, 2.24) is 4.98 Å². The van der Waals surface area contributed by atoms with Gasteiger partial charge in [0.1, 0.15) is 5.69 Å². The highest BCUT2D eigenvalue weighted by molar-refractivity contribution is 5.96. The Morgan fingerprint density at radius 2 is 2.14 bits per heavy atom. The van der Waals surface area contributed by atoms with Gasteiger partial charge < -0.3 is 5.73 Å². The second-order valence-electron chi connectivity index (χ2n) is 2.49. The van der Waals surface area contributed by atoms with Gasteiger partial charge in [-0.25, -0.2) is 0 Å². The fourth-order valence-electron chi connectivity index (χ4n) is 1.07. The average Bonchev–Trinajstić information content (AvgIpc) is 2.16. The lowest BCUT2D eigenvalue weighted by Crippen LogP contribution is -2.16. The second-order valence-corrected chi connectivity index (χ2v) is 2.49. The van der Waals surface area contributed by atoms with Gasteiger partial charge in [-0.3, -0.25) is 9.78 Å². The number of Topliss-reactive ketones (excluding diaryl/α,β-unsaturated/α-hetero) is 1. The van der Waals surface area contributed by atoms with Gasteiger partial charge in [0.15, 0.2) is 5.78 Å². The minimum absolute atomic E-state index is 0. The average molecular weight is 237 g/mol. The molecule has 0 aliphatic heterocycles. The first-order chi connectivity index (χ1) is 5.79. The number of rotatable bonds is 3. The van der Waals surface area contributed by atoms with E-state index in [0.717, 1.165) is 12.0 Å². The van der Waals surface area contributed by atoms with Crippen LogP contribution >= 0.6 is 24.8 Å². The zero-order chi connectivity index (χ0) is 8.97. The predicted octanol–water partition coefficient (Wildman–Crippen LogP) is 1.63. The van der Waals surface area contributed by atoms with Crippen molar-refractivity contribution in [1.29, 1.82) is 0 Å². The monoisotopic (exact) mass is 236 g/mol. The molecule has 0 aliphatic carbocycles. The molecule has 0 saturated heterocycles. The van der Waals surface area contributed by atoms with Crippen LogP contribution < -0.4 is 5.73 Å². The lowest BCUT2D eigenvalue weighted by Gasteiger charge is -2.02. The summed E-state index contributed by atoms with van der Waals surface area (Å²) in [6.45, 7) is 2.02. The molecule has 1 aromatic rings. The lowest BCUT2D eigenvalue weighted by molar-refractivity contribution is 0.0996. The first kappa shape index (κ1) is 15.8. The molecule has 0 amide bonds. The number of hydrogen-bond acceptors (Lipinski definition) is 3. The highest BCUT2D eigenvalue weighted by Crippen LogP contribution is 2.05. The number of aryl methyl sites for hydroxylation is 1. The van der Waals surface area contributed by atoms with Crippen LogP contribution in [-0.2, 0) is 6.42 Å². The molecule has 14 heavy (non-hydrogen) atoms. The maximum atomic E-state index is 11.2. The van der Waals surface area contributed by atoms with Gasteiger partial charge in [-0.15, -0.1) is 24.8 Å². The molecular formula is C9H14Cl2N2O. The van der Waals surface area contributed by atoms with Crippen LogP contribution in [0.3, 0.4) is 0 Å². The molecule has 0 aromatic carbocycles. The van der Waals surface area contributed by atoms with E-state index >= 15 is 0 Å². The number of aromatic nitrogens is 1. The van der Waals surface area contributed by atoms with Gasteiger partial charge in [-0.1, -0.05) is 13.0 Å². The van der Waals surface area contributed by atoms with Gasteiger partial charge >= 0.3 is 0 Å². The molecule has 5 heteroatoms. The van der Waals surface area contributed by atoms with Gasteiger partial charge in [-0.2, -0.15) is 0 Å². The van der Waals surface area contributed by atoms with Gasteiger partial charge in [0.2, 0.25) is 0 Å². The van der Waals surface area contributed by atoms with Crippen molar-refractivity contribution in [3.63, 3.8) is 0 Å². The van der Waals surface area contributed by atoms with Gasteiger partial charge in [0.05, 0.1) is 6.54 Å². The summed E-state index contributed by atoms with van der Waals surface area (Å²) in [4.78, 5) is 15.2.